The molecule has 0 atom stereocenters. The largest absolute Gasteiger partial charge is 0.495 e. The van der Waals surface area contributed by atoms with E-state index >= 15 is 0 Å². The topological polar surface area (TPSA) is 77.2 Å². The molecule has 0 aliphatic rings. The Morgan fingerprint density at radius 1 is 1.50 bits per heavy atom. The second-order valence-electron chi connectivity index (χ2n) is 3.82. The van der Waals surface area contributed by atoms with Crippen LogP contribution in [0.15, 0.2) is 24.5 Å². The minimum atomic E-state index is -0.869. The third-order valence-electron chi connectivity index (χ3n) is 2.58. The number of carboxylic acids is 1. The molecule has 0 bridgehead atoms. The van der Waals surface area contributed by atoms with Crippen LogP contribution in [0.1, 0.15) is 11.4 Å². The lowest BCUT2D eigenvalue weighted by molar-refractivity contribution is -0.136. The van der Waals surface area contributed by atoms with Crippen molar-refractivity contribution < 1.29 is 14.6 Å². The molecule has 1 aromatic heterocycles. The summed E-state index contributed by atoms with van der Waals surface area (Å²) in [7, 11) is 1.56. The maximum atomic E-state index is 10.7. The number of aromatic nitrogens is 3. The fraction of sp³-hybridized carbons (Fsp3) is 0.250. The minimum Gasteiger partial charge on any atom is -0.495 e. The Kier molecular flexibility index (Phi) is 3.27. The SMILES string of the molecule is COc1ccc(CC(=O)O)cc1-n1cnnc1C. The van der Waals surface area contributed by atoms with Crippen LogP contribution in [0.4, 0.5) is 0 Å². The van der Waals surface area contributed by atoms with Crippen molar-refractivity contribution in [3.63, 3.8) is 0 Å². The van der Waals surface area contributed by atoms with Crippen LogP contribution in [0.5, 0.6) is 5.75 Å². The number of nitrogens with zero attached hydrogens (tertiary/aromatic N) is 3. The minimum absolute atomic E-state index is 0.0296. The van der Waals surface area contributed by atoms with Gasteiger partial charge in [0.1, 0.15) is 17.9 Å². The zero-order valence-electron chi connectivity index (χ0n) is 10.1. The standard InChI is InChI=1S/C12H13N3O3/c1-8-14-13-7-15(8)10-5-9(6-12(16)17)3-4-11(10)18-2/h3-5,7H,6H2,1-2H3,(H,16,17). The molecule has 18 heavy (non-hydrogen) atoms. The maximum absolute atomic E-state index is 10.7. The van der Waals surface area contributed by atoms with Crippen molar-refractivity contribution in [2.45, 2.75) is 13.3 Å². The van der Waals surface area contributed by atoms with Gasteiger partial charge in [0.15, 0.2) is 0 Å². The quantitative estimate of drug-likeness (QED) is 0.878. The van der Waals surface area contributed by atoms with Crippen molar-refractivity contribution in [1.82, 2.24) is 14.8 Å². The molecule has 2 rings (SSSR count). The van der Waals surface area contributed by atoms with Gasteiger partial charge in [0.05, 0.1) is 19.2 Å². The van der Waals surface area contributed by atoms with Crippen LogP contribution >= 0.6 is 0 Å². The predicted molar refractivity (Wildman–Crippen MR) is 64.0 cm³/mol. The number of carboxylic acid groups (broad SMARTS) is 1. The Morgan fingerprint density at radius 2 is 2.28 bits per heavy atom. The molecule has 6 nitrogen and oxygen atoms in total. The second kappa shape index (κ2) is 4.87. The zero-order valence-corrected chi connectivity index (χ0v) is 10.1. The Bertz CT molecular complexity index is 578. The fourth-order valence-electron chi connectivity index (χ4n) is 1.74. The fourth-order valence-corrected chi connectivity index (χ4v) is 1.74. The van der Waals surface area contributed by atoms with Crippen molar-refractivity contribution in [3.8, 4) is 11.4 Å². The molecule has 0 aliphatic carbocycles. The summed E-state index contributed by atoms with van der Waals surface area (Å²) in [5, 5.41) is 16.5. The average molecular weight is 247 g/mol. The highest BCUT2D eigenvalue weighted by Gasteiger charge is 2.10. The van der Waals surface area contributed by atoms with E-state index < -0.39 is 5.97 Å². The van der Waals surface area contributed by atoms with Gasteiger partial charge in [0.25, 0.3) is 0 Å². The Labute approximate surface area is 104 Å². The number of aryl methyl sites for hydroxylation is 1. The monoisotopic (exact) mass is 247 g/mol. The van der Waals surface area contributed by atoms with Gasteiger partial charge in [-0.15, -0.1) is 10.2 Å². The van der Waals surface area contributed by atoms with Crippen molar-refractivity contribution in [2.75, 3.05) is 7.11 Å². The highest BCUT2D eigenvalue weighted by atomic mass is 16.5. The van der Waals surface area contributed by atoms with Crippen molar-refractivity contribution in [1.29, 1.82) is 0 Å². The molecule has 0 saturated carbocycles. The van der Waals surface area contributed by atoms with Gasteiger partial charge in [-0.3, -0.25) is 9.36 Å². The Hall–Kier alpha value is -2.37. The van der Waals surface area contributed by atoms with Gasteiger partial charge in [-0.1, -0.05) is 6.07 Å². The normalized spacial score (nSPS) is 10.3. The van der Waals surface area contributed by atoms with Gasteiger partial charge in [0, 0.05) is 0 Å². The smallest absolute Gasteiger partial charge is 0.307 e. The third kappa shape index (κ3) is 2.32. The number of rotatable bonds is 4. The van der Waals surface area contributed by atoms with Gasteiger partial charge >= 0.3 is 5.97 Å². The summed E-state index contributed by atoms with van der Waals surface area (Å²) in [6.45, 7) is 1.82. The number of benzene rings is 1. The number of ether oxygens (including phenoxy) is 1. The number of hydrogen-bond acceptors (Lipinski definition) is 4. The molecule has 2 aromatic rings. The van der Waals surface area contributed by atoms with E-state index in [4.69, 9.17) is 9.84 Å². The molecule has 0 fully saturated rings. The van der Waals surface area contributed by atoms with Crippen LogP contribution in [-0.4, -0.2) is 33.0 Å². The van der Waals surface area contributed by atoms with Crippen molar-refractivity contribution in [3.05, 3.63) is 35.9 Å². The van der Waals surface area contributed by atoms with E-state index in [0.29, 0.717) is 17.1 Å². The number of methoxy groups -OCH3 is 1. The second-order valence-corrected chi connectivity index (χ2v) is 3.82. The van der Waals surface area contributed by atoms with E-state index in [9.17, 15) is 4.79 Å². The first-order valence-corrected chi connectivity index (χ1v) is 5.37. The molecular formula is C12H13N3O3. The van der Waals surface area contributed by atoms with Crippen LogP contribution in [0, 0.1) is 6.92 Å². The van der Waals surface area contributed by atoms with Gasteiger partial charge in [-0.25, -0.2) is 0 Å². The van der Waals surface area contributed by atoms with Crippen LogP contribution < -0.4 is 4.74 Å². The summed E-state index contributed by atoms with van der Waals surface area (Å²) in [5.74, 6) is 0.486. The predicted octanol–water partition coefficient (Wildman–Crippen LogP) is 1.21. The first-order chi connectivity index (χ1) is 8.61. The highest BCUT2D eigenvalue weighted by molar-refractivity contribution is 5.71. The van der Waals surface area contributed by atoms with Crippen LogP contribution in [0.25, 0.3) is 5.69 Å². The van der Waals surface area contributed by atoms with Crippen LogP contribution in [0.3, 0.4) is 0 Å². The van der Waals surface area contributed by atoms with E-state index in [1.807, 2.05) is 6.92 Å². The van der Waals surface area contributed by atoms with Crippen molar-refractivity contribution in [2.24, 2.45) is 0 Å². The molecule has 6 heteroatoms. The lowest BCUT2D eigenvalue weighted by atomic mass is 10.1. The molecule has 1 heterocycles. The molecule has 0 radical (unpaired) electrons. The van der Waals surface area contributed by atoms with Crippen molar-refractivity contribution >= 4 is 5.97 Å². The molecule has 1 aromatic carbocycles. The molecule has 0 saturated heterocycles. The molecule has 0 amide bonds. The van der Waals surface area contributed by atoms with E-state index in [0.717, 1.165) is 5.69 Å². The zero-order chi connectivity index (χ0) is 13.1. The summed E-state index contributed by atoms with van der Waals surface area (Å²) in [4.78, 5) is 10.7. The lowest BCUT2D eigenvalue weighted by Crippen LogP contribution is -2.04. The molecule has 0 unspecified atom stereocenters. The summed E-state index contributed by atoms with van der Waals surface area (Å²) in [6, 6.07) is 5.24. The van der Waals surface area contributed by atoms with Crippen LogP contribution in [0.2, 0.25) is 0 Å². The highest BCUT2D eigenvalue weighted by Crippen LogP contribution is 2.24. The van der Waals surface area contributed by atoms with E-state index in [1.165, 1.54) is 0 Å². The summed E-state index contributed by atoms with van der Waals surface area (Å²) >= 11 is 0. The number of hydrogen-bond donors (Lipinski definition) is 1. The van der Waals surface area contributed by atoms with Crippen LogP contribution in [-0.2, 0) is 11.2 Å². The summed E-state index contributed by atoms with van der Waals surface area (Å²) < 4.78 is 7.01. The van der Waals surface area contributed by atoms with Gasteiger partial charge in [0.2, 0.25) is 0 Å². The molecule has 94 valence electrons. The molecular weight excluding hydrogens is 234 g/mol. The maximum Gasteiger partial charge on any atom is 0.307 e. The third-order valence-corrected chi connectivity index (χ3v) is 2.58. The Morgan fingerprint density at radius 3 is 2.83 bits per heavy atom. The van der Waals surface area contributed by atoms with E-state index in [2.05, 4.69) is 10.2 Å². The van der Waals surface area contributed by atoms with E-state index in [-0.39, 0.29) is 6.42 Å². The molecule has 0 spiro atoms. The summed E-state index contributed by atoms with van der Waals surface area (Å²) in [6.07, 6.45) is 1.54. The Balaban J connectivity index is 2.49. The van der Waals surface area contributed by atoms with E-state index in [1.54, 1.807) is 36.2 Å². The number of aliphatic carboxylic acids is 1. The van der Waals surface area contributed by atoms with Gasteiger partial charge in [-0.05, 0) is 24.6 Å². The average Bonchev–Trinajstić information content (AvgIpc) is 2.74. The summed E-state index contributed by atoms with van der Waals surface area (Å²) in [5.41, 5.74) is 1.44. The first kappa shape index (κ1) is 12.1. The lowest BCUT2D eigenvalue weighted by Gasteiger charge is -2.11. The van der Waals surface area contributed by atoms with Gasteiger partial charge < -0.3 is 9.84 Å². The number of carbonyl (C=O) groups is 1. The first-order valence-electron chi connectivity index (χ1n) is 5.37. The van der Waals surface area contributed by atoms with Gasteiger partial charge in [-0.2, -0.15) is 0 Å². The molecule has 1 N–H and O–H groups in total. The molecule has 0 aliphatic heterocycles.